The van der Waals surface area contributed by atoms with Gasteiger partial charge < -0.3 is 5.32 Å². The molecule has 1 heterocycles. The Morgan fingerprint density at radius 1 is 1.23 bits per heavy atom. The summed E-state index contributed by atoms with van der Waals surface area (Å²) in [6, 6.07) is 2.74. The van der Waals surface area contributed by atoms with Crippen molar-refractivity contribution in [2.75, 3.05) is 13.1 Å². The van der Waals surface area contributed by atoms with Gasteiger partial charge in [-0.25, -0.2) is 8.78 Å². The molecule has 1 aliphatic heterocycles. The molecule has 4 heteroatoms. The van der Waals surface area contributed by atoms with Gasteiger partial charge in [-0.3, -0.25) is 0 Å². The number of hydrogen-bond donors (Lipinski definition) is 1. The predicted molar refractivity (Wildman–Crippen MR) is 54.7 cm³/mol. The summed E-state index contributed by atoms with van der Waals surface area (Å²) < 4.78 is 27.2. The van der Waals surface area contributed by atoms with Crippen molar-refractivity contribution in [2.45, 2.75) is 5.92 Å². The summed E-state index contributed by atoms with van der Waals surface area (Å²) in [7, 11) is 0. The Labute approximate surface area is 88.7 Å². The second kappa shape index (κ2) is 3.49. The van der Waals surface area contributed by atoms with Crippen LogP contribution in [0.4, 0.5) is 8.78 Å². The average molecular weight is 295 g/mol. The SMILES string of the molecule is Fc1cc(I)cc(F)c1C1CNC1. The molecule has 1 nitrogen and oxygen atoms in total. The first kappa shape index (κ1) is 9.33. The normalized spacial score (nSPS) is 17.2. The van der Waals surface area contributed by atoms with Crippen LogP contribution in [0.1, 0.15) is 11.5 Å². The van der Waals surface area contributed by atoms with Crippen LogP contribution in [0.5, 0.6) is 0 Å². The van der Waals surface area contributed by atoms with E-state index in [4.69, 9.17) is 0 Å². The van der Waals surface area contributed by atoms with E-state index in [1.54, 1.807) is 0 Å². The molecule has 1 saturated heterocycles. The van der Waals surface area contributed by atoms with Gasteiger partial charge in [0.25, 0.3) is 0 Å². The Bertz CT molecular complexity index is 313. The van der Waals surface area contributed by atoms with E-state index in [1.807, 2.05) is 22.6 Å². The van der Waals surface area contributed by atoms with Crippen LogP contribution >= 0.6 is 22.6 Å². The first-order valence-corrected chi connectivity index (χ1v) is 5.11. The molecule has 0 radical (unpaired) electrons. The summed E-state index contributed by atoms with van der Waals surface area (Å²) in [6.45, 7) is 1.35. The van der Waals surface area contributed by atoms with E-state index >= 15 is 0 Å². The van der Waals surface area contributed by atoms with Crippen LogP contribution in [0.25, 0.3) is 0 Å². The molecule has 13 heavy (non-hydrogen) atoms. The second-order valence-corrected chi connectivity index (χ2v) is 4.38. The molecule has 70 valence electrons. The molecule has 0 bridgehead atoms. The third kappa shape index (κ3) is 1.69. The monoisotopic (exact) mass is 295 g/mol. The molecule has 0 amide bonds. The molecule has 0 saturated carbocycles. The van der Waals surface area contributed by atoms with E-state index < -0.39 is 11.6 Å². The van der Waals surface area contributed by atoms with Crippen molar-refractivity contribution in [3.63, 3.8) is 0 Å². The third-order valence-electron chi connectivity index (χ3n) is 2.23. The maximum atomic E-state index is 13.3. The smallest absolute Gasteiger partial charge is 0.130 e. The zero-order chi connectivity index (χ0) is 9.42. The number of hydrogen-bond acceptors (Lipinski definition) is 1. The van der Waals surface area contributed by atoms with Crippen molar-refractivity contribution in [1.29, 1.82) is 0 Å². The van der Waals surface area contributed by atoms with E-state index in [2.05, 4.69) is 5.32 Å². The Balaban J connectivity index is 2.43. The van der Waals surface area contributed by atoms with Gasteiger partial charge in [0, 0.05) is 28.1 Å². The van der Waals surface area contributed by atoms with Gasteiger partial charge in [-0.1, -0.05) is 0 Å². The van der Waals surface area contributed by atoms with Crippen LogP contribution < -0.4 is 5.32 Å². The van der Waals surface area contributed by atoms with Crippen LogP contribution in [-0.2, 0) is 0 Å². The minimum absolute atomic E-state index is 0.0111. The molecule has 2 rings (SSSR count). The van der Waals surface area contributed by atoms with Crippen LogP contribution in [-0.4, -0.2) is 13.1 Å². The number of rotatable bonds is 1. The highest BCUT2D eigenvalue weighted by Crippen LogP contribution is 2.27. The molecular formula is C9H8F2IN. The zero-order valence-electron chi connectivity index (χ0n) is 6.78. The summed E-state index contributed by atoms with van der Waals surface area (Å²) in [5.74, 6) is -0.830. The Hall–Kier alpha value is -0.230. The van der Waals surface area contributed by atoms with E-state index in [0.717, 1.165) is 0 Å². The summed E-state index contributed by atoms with van der Waals surface area (Å²) in [5.41, 5.74) is 0.235. The van der Waals surface area contributed by atoms with Gasteiger partial charge in [0.2, 0.25) is 0 Å². The molecule has 0 unspecified atom stereocenters. The second-order valence-electron chi connectivity index (χ2n) is 3.14. The fourth-order valence-electron chi connectivity index (χ4n) is 1.44. The third-order valence-corrected chi connectivity index (χ3v) is 2.86. The quantitative estimate of drug-likeness (QED) is 0.784. The minimum atomic E-state index is -0.420. The summed E-state index contributed by atoms with van der Waals surface area (Å²) in [5, 5.41) is 2.99. The highest BCUT2D eigenvalue weighted by Gasteiger charge is 2.25. The van der Waals surface area contributed by atoms with E-state index in [0.29, 0.717) is 16.7 Å². The Morgan fingerprint density at radius 3 is 2.15 bits per heavy atom. The van der Waals surface area contributed by atoms with Crippen LogP contribution in [0.3, 0.4) is 0 Å². The molecule has 1 aromatic rings. The Morgan fingerprint density at radius 2 is 1.77 bits per heavy atom. The zero-order valence-corrected chi connectivity index (χ0v) is 8.94. The van der Waals surface area contributed by atoms with Crippen molar-refractivity contribution < 1.29 is 8.78 Å². The lowest BCUT2D eigenvalue weighted by atomic mass is 9.93. The lowest BCUT2D eigenvalue weighted by Crippen LogP contribution is -2.40. The molecule has 1 N–H and O–H groups in total. The number of nitrogens with one attached hydrogen (secondary N) is 1. The molecule has 0 aromatic heterocycles. The number of benzene rings is 1. The average Bonchev–Trinajstić information content (AvgIpc) is 1.92. The van der Waals surface area contributed by atoms with Gasteiger partial charge in [-0.15, -0.1) is 0 Å². The first-order chi connectivity index (χ1) is 6.18. The van der Waals surface area contributed by atoms with Crippen molar-refractivity contribution in [1.82, 2.24) is 5.32 Å². The van der Waals surface area contributed by atoms with Gasteiger partial charge in [0.05, 0.1) is 0 Å². The lowest BCUT2D eigenvalue weighted by Gasteiger charge is -2.28. The first-order valence-electron chi connectivity index (χ1n) is 4.03. The molecule has 1 aliphatic rings. The highest BCUT2D eigenvalue weighted by atomic mass is 127. The molecule has 0 atom stereocenters. The standard InChI is InChI=1S/C9H8F2IN/c10-7-1-6(12)2-8(11)9(7)5-3-13-4-5/h1-2,5,13H,3-4H2. The maximum Gasteiger partial charge on any atom is 0.130 e. The van der Waals surface area contributed by atoms with Crippen molar-refractivity contribution in [2.24, 2.45) is 0 Å². The molecular weight excluding hydrogens is 287 g/mol. The molecule has 0 aliphatic carbocycles. The van der Waals surface area contributed by atoms with E-state index in [-0.39, 0.29) is 11.5 Å². The topological polar surface area (TPSA) is 12.0 Å². The largest absolute Gasteiger partial charge is 0.315 e. The van der Waals surface area contributed by atoms with Crippen molar-refractivity contribution in [3.8, 4) is 0 Å². The van der Waals surface area contributed by atoms with E-state index in [9.17, 15) is 8.78 Å². The summed E-state index contributed by atoms with van der Waals surface area (Å²) in [6.07, 6.45) is 0. The molecule has 0 spiro atoms. The van der Waals surface area contributed by atoms with Gasteiger partial charge in [0.15, 0.2) is 0 Å². The fourth-order valence-corrected chi connectivity index (χ4v) is 1.98. The van der Waals surface area contributed by atoms with Crippen LogP contribution in [0.15, 0.2) is 12.1 Å². The number of halogens is 3. The minimum Gasteiger partial charge on any atom is -0.315 e. The molecule has 1 fully saturated rings. The van der Waals surface area contributed by atoms with Gasteiger partial charge in [0.1, 0.15) is 11.6 Å². The van der Waals surface area contributed by atoms with Crippen LogP contribution in [0.2, 0.25) is 0 Å². The Kier molecular flexibility index (Phi) is 2.51. The predicted octanol–water partition coefficient (Wildman–Crippen LogP) is 2.26. The highest BCUT2D eigenvalue weighted by molar-refractivity contribution is 14.1. The van der Waals surface area contributed by atoms with Crippen molar-refractivity contribution in [3.05, 3.63) is 32.9 Å². The summed E-state index contributed by atoms with van der Waals surface area (Å²) >= 11 is 1.91. The van der Waals surface area contributed by atoms with Gasteiger partial charge >= 0.3 is 0 Å². The lowest BCUT2D eigenvalue weighted by molar-refractivity contribution is 0.411. The van der Waals surface area contributed by atoms with Crippen molar-refractivity contribution >= 4 is 22.6 Å². The van der Waals surface area contributed by atoms with E-state index in [1.165, 1.54) is 12.1 Å². The molecule has 1 aromatic carbocycles. The maximum absolute atomic E-state index is 13.3. The van der Waals surface area contributed by atoms with Gasteiger partial charge in [-0.2, -0.15) is 0 Å². The summed E-state index contributed by atoms with van der Waals surface area (Å²) in [4.78, 5) is 0. The van der Waals surface area contributed by atoms with Crippen LogP contribution in [0, 0.1) is 15.2 Å². The fraction of sp³-hybridized carbons (Fsp3) is 0.333. The van der Waals surface area contributed by atoms with Gasteiger partial charge in [-0.05, 0) is 34.7 Å².